The molecule has 0 aliphatic carbocycles. The van der Waals surface area contributed by atoms with E-state index in [-0.39, 0.29) is 108 Å². The molecule has 0 fully saturated rings. The summed E-state index contributed by atoms with van der Waals surface area (Å²) in [5.41, 5.74) is 0. The molecule has 0 aromatic heterocycles. The smallest absolute Gasteiger partial charge is 0.894 e. The van der Waals surface area contributed by atoms with Crippen LogP contribution in [0.25, 0.3) is 0 Å². The number of rotatable bonds is 0. The summed E-state index contributed by atoms with van der Waals surface area (Å²) in [5.74, 6) is 0. The Morgan fingerprint density at radius 1 is 0.231 bits per heavy atom. The Bertz CT molecular complexity index is 104. The fourth-order valence-electron chi connectivity index (χ4n) is 0. The average Bonchev–Trinajstić information content (AvgIpc) is 1.41. The summed E-state index contributed by atoms with van der Waals surface area (Å²) in [7, 11) is -16.8. The van der Waals surface area contributed by atoms with E-state index in [2.05, 4.69) is 0 Å². The van der Waals surface area contributed by atoms with Gasteiger partial charge >= 0.3 is 69.4 Å². The van der Waals surface area contributed by atoms with Gasteiger partial charge in [0.2, 0.25) is 0 Å². The van der Waals surface area contributed by atoms with Crippen LogP contribution >= 0.6 is 0 Å². The number of hydrogen-bond acceptors (Lipinski definition) is 12. The van der Waals surface area contributed by atoms with Gasteiger partial charge in [-0.25, -0.2) is 0 Å². The first-order valence-corrected chi connectivity index (χ1v) is 7.35. The van der Waals surface area contributed by atoms with Crippen molar-refractivity contribution in [2.75, 3.05) is 0 Å². The van der Waals surface area contributed by atoms with E-state index in [9.17, 15) is 0 Å². The molecule has 0 saturated heterocycles. The Labute approximate surface area is 191 Å². The van der Waals surface area contributed by atoms with E-state index in [1.54, 1.807) is 0 Å². The Kier molecular flexibility index (Phi) is 183. The maximum atomic E-state index is 8.58. The number of hydrogen-bond donors (Lipinski definition) is 0. The molecule has 0 atom stereocenters. The van der Waals surface area contributed by atoms with Crippen LogP contribution in [0.3, 0.4) is 0 Å². The van der Waals surface area contributed by atoms with Crippen molar-refractivity contribution in [3.05, 3.63) is 0 Å². The first-order valence-electron chi connectivity index (χ1n) is 2.45. The fraction of sp³-hybridized carbons (Fsp3) is 0. The van der Waals surface area contributed by atoms with Gasteiger partial charge in [-0.15, -0.1) is 0 Å². The van der Waals surface area contributed by atoms with E-state index in [0.29, 0.717) is 0 Å². The van der Waals surface area contributed by atoms with Crippen LogP contribution in [0, 0.1) is 0 Å². The Morgan fingerprint density at radius 3 is 0.231 bits per heavy atom. The zero-order valence-corrected chi connectivity index (χ0v) is 19.8. The van der Waals surface area contributed by atoms with Crippen molar-refractivity contribution in [1.29, 1.82) is 0 Å². The van der Waals surface area contributed by atoms with Crippen LogP contribution in [-0.4, -0.2) is 135 Å². The molecule has 0 amide bonds. The van der Waals surface area contributed by atoms with Gasteiger partial charge in [0.25, 0.3) is 0 Å². The van der Waals surface area contributed by atoms with Crippen molar-refractivity contribution in [3.8, 4) is 0 Å². The van der Waals surface area contributed by atoms with Crippen LogP contribution in [0.15, 0.2) is 0 Å². The molecular formula is H14Al4O19Si3. The van der Waals surface area contributed by atoms with E-state index in [4.69, 9.17) is 57.5 Å². The molecule has 0 saturated carbocycles. The summed E-state index contributed by atoms with van der Waals surface area (Å²) < 4.78 is 0. The van der Waals surface area contributed by atoms with E-state index < -0.39 is 27.1 Å². The van der Waals surface area contributed by atoms with Crippen LogP contribution in [0.1, 0.15) is 0 Å². The van der Waals surface area contributed by atoms with Crippen molar-refractivity contribution >= 4 is 96.6 Å². The predicted molar refractivity (Wildman–Crippen MR) is 65.6 cm³/mol. The van der Waals surface area contributed by atoms with E-state index >= 15 is 0 Å². The molecule has 14 N–H and O–H groups in total. The molecular weight excluding hydrogens is 496 g/mol. The Morgan fingerprint density at radius 2 is 0.231 bits per heavy atom. The zero-order chi connectivity index (χ0) is 13.5. The molecule has 0 spiro atoms. The predicted octanol–water partition coefficient (Wildman–Crippen LogP) is -22.7. The van der Waals surface area contributed by atoms with Gasteiger partial charge in [0.15, 0.2) is 0 Å². The van der Waals surface area contributed by atoms with Crippen molar-refractivity contribution in [3.63, 3.8) is 0 Å². The Hall–Kier alpha value is 2.02. The molecule has 0 bridgehead atoms. The van der Waals surface area contributed by atoms with Crippen LogP contribution in [-0.2, 0) is 0 Å². The second kappa shape index (κ2) is 45.6. The van der Waals surface area contributed by atoms with Gasteiger partial charge in [0.1, 0.15) is 0 Å². The van der Waals surface area contributed by atoms with Crippen LogP contribution in [0.4, 0.5) is 0 Å². The third kappa shape index (κ3) is 3990. The standard InChI is InChI=1S/4Al.3O4Si.7H2O/c;;;;3*1-5(2,3)4;;;;;;;/h;;;;;;;7*1H2/q4*+3;3*-4;;;;;;;. The van der Waals surface area contributed by atoms with Gasteiger partial charge in [0, 0.05) is 0 Å². The van der Waals surface area contributed by atoms with Gasteiger partial charge < -0.3 is 123 Å². The first-order chi connectivity index (χ1) is 6.00. The van der Waals surface area contributed by atoms with Crippen LogP contribution in [0.5, 0.6) is 0 Å². The molecule has 0 rings (SSSR count). The third-order valence-corrected chi connectivity index (χ3v) is 0. The minimum atomic E-state index is -5.61. The first kappa shape index (κ1) is 104. The second-order valence-electron chi connectivity index (χ2n) is 1.50. The minimum Gasteiger partial charge on any atom is -0.894 e. The molecule has 0 aromatic carbocycles. The van der Waals surface area contributed by atoms with Gasteiger partial charge in [0.05, 0.1) is 0 Å². The fourth-order valence-corrected chi connectivity index (χ4v) is 0. The largest absolute Gasteiger partial charge is 3.00 e. The van der Waals surface area contributed by atoms with Gasteiger partial charge in [-0.05, 0) is 0 Å². The summed E-state index contributed by atoms with van der Waals surface area (Å²) in [6.45, 7) is 0. The van der Waals surface area contributed by atoms with E-state index in [0.717, 1.165) is 0 Å². The average molecular weight is 510 g/mol. The molecule has 26 heteroatoms. The van der Waals surface area contributed by atoms with Gasteiger partial charge in [-0.3, -0.25) is 0 Å². The Balaban J connectivity index is -0.00000000571. The minimum absolute atomic E-state index is 0. The maximum absolute atomic E-state index is 8.58. The molecule has 0 aliphatic heterocycles. The molecule has 0 aliphatic rings. The monoisotopic (exact) mass is 510 g/mol. The van der Waals surface area contributed by atoms with Gasteiger partial charge in [-0.2, -0.15) is 0 Å². The molecule has 0 heterocycles. The van der Waals surface area contributed by atoms with Crippen molar-refractivity contribution in [2.45, 2.75) is 0 Å². The van der Waals surface area contributed by atoms with Crippen molar-refractivity contribution in [1.82, 2.24) is 0 Å². The van der Waals surface area contributed by atoms with E-state index in [1.165, 1.54) is 0 Å². The molecule has 0 aromatic rings. The SMILES string of the molecule is O.O.O.O.O.O.O.[Al+3].[Al+3].[Al+3].[Al+3].[O-][Si]([O-])([O-])[O-].[O-][Si]([O-])([O-])[O-].[O-][Si]([O-])([O-])[O-]. The third-order valence-electron chi connectivity index (χ3n) is 0. The molecule has 0 radical (unpaired) electrons. The quantitative estimate of drug-likeness (QED) is 0.274. The van der Waals surface area contributed by atoms with Gasteiger partial charge in [-0.1, -0.05) is 0 Å². The maximum Gasteiger partial charge on any atom is 3.00 e. The van der Waals surface area contributed by atoms with Crippen molar-refractivity contribution < 1.29 is 95.9 Å². The summed E-state index contributed by atoms with van der Waals surface area (Å²) in [6, 6.07) is 0. The molecule has 19 nitrogen and oxygen atoms in total. The molecule has 0 unspecified atom stereocenters. The zero-order valence-electron chi connectivity index (χ0n) is 12.2. The molecule has 152 valence electrons. The van der Waals surface area contributed by atoms with Crippen molar-refractivity contribution in [2.24, 2.45) is 0 Å². The second-order valence-corrected chi connectivity index (χ2v) is 4.50. The summed E-state index contributed by atoms with van der Waals surface area (Å²) in [4.78, 5) is 103. The summed E-state index contributed by atoms with van der Waals surface area (Å²) >= 11 is 0. The van der Waals surface area contributed by atoms with E-state index in [1.807, 2.05) is 0 Å². The molecule has 26 heavy (non-hydrogen) atoms. The summed E-state index contributed by atoms with van der Waals surface area (Å²) in [5, 5.41) is 0. The van der Waals surface area contributed by atoms with Crippen LogP contribution < -0.4 is 57.5 Å². The summed E-state index contributed by atoms with van der Waals surface area (Å²) in [6.07, 6.45) is 0. The normalized spacial score (nSPS) is 6.92. The van der Waals surface area contributed by atoms with Crippen LogP contribution in [0.2, 0.25) is 0 Å². The topological polar surface area (TPSA) is 497 Å².